The summed E-state index contributed by atoms with van der Waals surface area (Å²) in [6, 6.07) is 6.48. The number of carbonyl (C=O) groups is 1. The molecule has 8 heteroatoms. The molecule has 1 amide bonds. The highest BCUT2D eigenvalue weighted by molar-refractivity contribution is 7.89. The second kappa shape index (κ2) is 6.85. The summed E-state index contributed by atoms with van der Waals surface area (Å²) in [5.74, 6) is 0.644. The molecule has 1 aliphatic rings. The molecule has 0 radical (unpaired) electrons. The molecule has 1 aromatic carbocycles. The monoisotopic (exact) mass is 376 g/mol. The van der Waals surface area contributed by atoms with Gasteiger partial charge in [0.15, 0.2) is 0 Å². The van der Waals surface area contributed by atoms with Gasteiger partial charge in [0.25, 0.3) is 0 Å². The molecule has 1 aromatic heterocycles. The van der Waals surface area contributed by atoms with Crippen LogP contribution in [-0.2, 0) is 27.8 Å². The van der Waals surface area contributed by atoms with E-state index in [1.54, 1.807) is 38.4 Å². The third kappa shape index (κ3) is 3.39. The van der Waals surface area contributed by atoms with Crippen molar-refractivity contribution in [2.45, 2.75) is 37.8 Å². The minimum absolute atomic E-state index is 0.0303. The molecule has 0 N–H and O–H groups in total. The Labute approximate surface area is 154 Å². The predicted molar refractivity (Wildman–Crippen MR) is 98.1 cm³/mol. The molecule has 3 rings (SSSR count). The van der Waals surface area contributed by atoms with Crippen LogP contribution in [0.3, 0.4) is 0 Å². The molecule has 0 saturated heterocycles. The maximum atomic E-state index is 13.0. The van der Waals surface area contributed by atoms with Gasteiger partial charge in [0.2, 0.25) is 15.9 Å². The van der Waals surface area contributed by atoms with Gasteiger partial charge in [-0.3, -0.25) is 4.79 Å². The third-order valence-corrected chi connectivity index (χ3v) is 6.67. The Hall–Kier alpha value is -2.19. The number of hydrogen-bond donors (Lipinski definition) is 0. The first kappa shape index (κ1) is 18.6. The van der Waals surface area contributed by atoms with E-state index in [0.29, 0.717) is 24.6 Å². The van der Waals surface area contributed by atoms with Crippen molar-refractivity contribution in [2.75, 3.05) is 20.6 Å². The number of amides is 1. The van der Waals surface area contributed by atoms with Crippen molar-refractivity contribution in [3.63, 3.8) is 0 Å². The topological polar surface area (TPSA) is 75.5 Å². The summed E-state index contributed by atoms with van der Waals surface area (Å²) in [5, 5.41) is 0. The highest BCUT2D eigenvalue weighted by Crippen LogP contribution is 2.30. The number of aromatic nitrogens is 2. The van der Waals surface area contributed by atoms with E-state index in [1.165, 1.54) is 9.21 Å². The molecule has 26 heavy (non-hydrogen) atoms. The quantitative estimate of drug-likeness (QED) is 0.812. The number of carbonyl (C=O) groups excluding carboxylic acids is 1. The van der Waals surface area contributed by atoms with E-state index in [4.69, 9.17) is 0 Å². The van der Waals surface area contributed by atoms with Gasteiger partial charge in [-0.1, -0.05) is 17.7 Å². The van der Waals surface area contributed by atoms with Crippen LogP contribution in [0.2, 0.25) is 0 Å². The molecule has 2 aromatic rings. The molecule has 0 spiro atoms. The Morgan fingerprint density at radius 2 is 1.88 bits per heavy atom. The van der Waals surface area contributed by atoms with Crippen LogP contribution in [0.4, 0.5) is 0 Å². The number of aryl methyl sites for hydroxylation is 1. The average molecular weight is 376 g/mol. The van der Waals surface area contributed by atoms with Crippen LogP contribution in [0, 0.1) is 6.92 Å². The maximum absolute atomic E-state index is 13.0. The smallest absolute Gasteiger partial charge is 0.243 e. The zero-order chi connectivity index (χ0) is 19.1. The fraction of sp³-hybridized carbons (Fsp3) is 0.444. The lowest BCUT2D eigenvalue weighted by atomic mass is 10.2. The fourth-order valence-electron chi connectivity index (χ4n) is 3.10. The van der Waals surface area contributed by atoms with Crippen molar-refractivity contribution in [1.82, 2.24) is 18.8 Å². The van der Waals surface area contributed by atoms with Crippen LogP contribution >= 0.6 is 0 Å². The van der Waals surface area contributed by atoms with Gasteiger partial charge in [0.05, 0.1) is 23.1 Å². The number of rotatable bonds is 4. The lowest BCUT2D eigenvalue weighted by Gasteiger charge is -2.32. The van der Waals surface area contributed by atoms with Crippen molar-refractivity contribution in [2.24, 2.45) is 0 Å². The summed E-state index contributed by atoms with van der Waals surface area (Å²) in [5.41, 5.74) is 1.68. The lowest BCUT2D eigenvalue weighted by Crippen LogP contribution is -2.41. The molecule has 0 aliphatic carbocycles. The summed E-state index contributed by atoms with van der Waals surface area (Å²) < 4.78 is 29.5. The van der Waals surface area contributed by atoms with Gasteiger partial charge in [-0.15, -0.1) is 0 Å². The van der Waals surface area contributed by atoms with E-state index >= 15 is 0 Å². The first-order chi connectivity index (χ1) is 12.2. The number of likely N-dealkylation sites (N-methyl/N-ethyl adjacent to an activating group) is 1. The van der Waals surface area contributed by atoms with Gasteiger partial charge in [-0.05, 0) is 26.0 Å². The summed E-state index contributed by atoms with van der Waals surface area (Å²) >= 11 is 0. The van der Waals surface area contributed by atoms with E-state index in [2.05, 4.69) is 4.98 Å². The molecule has 0 fully saturated rings. The molecule has 140 valence electrons. The SMILES string of the molecule is Cc1ccc(S(=O)(=O)N2CCn3cc(CC(=O)N(C)C)nc3[C@@H]2C)cc1. The van der Waals surface area contributed by atoms with Gasteiger partial charge in [0, 0.05) is 33.4 Å². The third-order valence-electron chi connectivity index (χ3n) is 4.68. The molecular weight excluding hydrogens is 352 g/mol. The second-order valence-corrected chi connectivity index (χ2v) is 8.74. The van der Waals surface area contributed by atoms with E-state index < -0.39 is 16.1 Å². The maximum Gasteiger partial charge on any atom is 0.243 e. The van der Waals surface area contributed by atoms with E-state index in [9.17, 15) is 13.2 Å². The summed E-state index contributed by atoms with van der Waals surface area (Å²) in [6.45, 7) is 4.66. The van der Waals surface area contributed by atoms with Crippen LogP contribution < -0.4 is 0 Å². The number of nitrogens with zero attached hydrogens (tertiary/aromatic N) is 4. The Morgan fingerprint density at radius 1 is 1.23 bits per heavy atom. The van der Waals surface area contributed by atoms with Gasteiger partial charge in [-0.2, -0.15) is 4.31 Å². The molecule has 1 aliphatic heterocycles. The molecule has 0 unspecified atom stereocenters. The number of imidazole rings is 1. The Bertz CT molecular complexity index is 916. The molecule has 7 nitrogen and oxygen atoms in total. The van der Waals surface area contributed by atoms with Crippen molar-refractivity contribution < 1.29 is 13.2 Å². The molecule has 0 saturated carbocycles. The summed E-state index contributed by atoms with van der Waals surface area (Å²) in [6.07, 6.45) is 2.06. The molecule has 2 heterocycles. The Morgan fingerprint density at radius 3 is 2.50 bits per heavy atom. The zero-order valence-corrected chi connectivity index (χ0v) is 16.3. The molecular formula is C18H24N4O3S. The van der Waals surface area contributed by atoms with Gasteiger partial charge in [0.1, 0.15) is 5.82 Å². The number of fused-ring (bicyclic) bond motifs is 1. The first-order valence-electron chi connectivity index (χ1n) is 8.55. The van der Waals surface area contributed by atoms with Gasteiger partial charge in [-0.25, -0.2) is 13.4 Å². The molecule has 0 bridgehead atoms. The lowest BCUT2D eigenvalue weighted by molar-refractivity contribution is -0.128. The predicted octanol–water partition coefficient (Wildman–Crippen LogP) is 1.59. The Balaban J connectivity index is 1.87. The van der Waals surface area contributed by atoms with Gasteiger partial charge >= 0.3 is 0 Å². The number of benzene rings is 1. The second-order valence-electron chi connectivity index (χ2n) is 6.85. The van der Waals surface area contributed by atoms with Crippen molar-refractivity contribution >= 4 is 15.9 Å². The number of hydrogen-bond acceptors (Lipinski definition) is 4. The van der Waals surface area contributed by atoms with E-state index in [-0.39, 0.29) is 17.2 Å². The van der Waals surface area contributed by atoms with Crippen LogP contribution in [0.1, 0.15) is 30.0 Å². The van der Waals surface area contributed by atoms with Crippen LogP contribution in [0.5, 0.6) is 0 Å². The molecule has 1 atom stereocenters. The highest BCUT2D eigenvalue weighted by Gasteiger charge is 2.35. The van der Waals surface area contributed by atoms with Crippen LogP contribution in [-0.4, -0.2) is 53.7 Å². The fourth-order valence-corrected chi connectivity index (χ4v) is 4.68. The van der Waals surface area contributed by atoms with Crippen molar-refractivity contribution in [3.8, 4) is 0 Å². The van der Waals surface area contributed by atoms with Gasteiger partial charge < -0.3 is 9.47 Å². The summed E-state index contributed by atoms with van der Waals surface area (Å²) in [4.78, 5) is 18.3. The summed E-state index contributed by atoms with van der Waals surface area (Å²) in [7, 11) is -0.183. The number of sulfonamides is 1. The minimum Gasteiger partial charge on any atom is -0.348 e. The van der Waals surface area contributed by atoms with Crippen LogP contribution in [0.15, 0.2) is 35.4 Å². The Kier molecular flexibility index (Phi) is 4.90. The minimum atomic E-state index is -3.59. The standard InChI is InChI=1S/C18H24N4O3S/c1-13-5-7-16(8-6-13)26(24,25)22-10-9-21-12-15(11-17(23)20(3)4)19-18(21)14(22)2/h5-8,12,14H,9-11H2,1-4H3/t14-/m0/s1. The van der Waals surface area contributed by atoms with Crippen molar-refractivity contribution in [1.29, 1.82) is 0 Å². The first-order valence-corrected chi connectivity index (χ1v) is 9.99. The average Bonchev–Trinajstić information content (AvgIpc) is 2.98. The van der Waals surface area contributed by atoms with E-state index in [0.717, 1.165) is 5.56 Å². The largest absolute Gasteiger partial charge is 0.348 e. The normalized spacial score (nSPS) is 17.8. The van der Waals surface area contributed by atoms with E-state index in [1.807, 2.05) is 24.6 Å². The van der Waals surface area contributed by atoms with Crippen LogP contribution in [0.25, 0.3) is 0 Å². The zero-order valence-electron chi connectivity index (χ0n) is 15.5. The highest BCUT2D eigenvalue weighted by atomic mass is 32.2. The van der Waals surface area contributed by atoms with Crippen molar-refractivity contribution in [3.05, 3.63) is 47.5 Å².